The Bertz CT molecular complexity index is 358. The second-order valence-electron chi connectivity index (χ2n) is 5.83. The second kappa shape index (κ2) is 6.34. The van der Waals surface area contributed by atoms with Gasteiger partial charge in [0.25, 0.3) is 0 Å². The predicted octanol–water partition coefficient (Wildman–Crippen LogP) is 2.35. The van der Waals surface area contributed by atoms with Crippen molar-refractivity contribution in [2.24, 2.45) is 5.92 Å². The van der Waals surface area contributed by atoms with Crippen LogP contribution in [-0.4, -0.2) is 27.0 Å². The van der Waals surface area contributed by atoms with E-state index in [4.69, 9.17) is 0 Å². The van der Waals surface area contributed by atoms with Crippen molar-refractivity contribution in [1.29, 1.82) is 0 Å². The maximum absolute atomic E-state index is 10.2. The van der Waals surface area contributed by atoms with E-state index in [1.165, 1.54) is 0 Å². The number of hydrogen-bond acceptors (Lipinski definition) is 3. The summed E-state index contributed by atoms with van der Waals surface area (Å²) in [5, 5.41) is 17.9. The Morgan fingerprint density at radius 3 is 2.61 bits per heavy atom. The number of nitrogens with zero attached hydrogens (tertiary/aromatic N) is 2. The minimum absolute atomic E-state index is 0.212. The van der Waals surface area contributed by atoms with Gasteiger partial charge in [0.2, 0.25) is 0 Å². The minimum atomic E-state index is -0.650. The fraction of sp³-hybridized carbons (Fsp3) is 0.786. The van der Waals surface area contributed by atoms with Gasteiger partial charge in [0.1, 0.15) is 0 Å². The molecule has 0 bridgehead atoms. The first-order valence-corrected chi connectivity index (χ1v) is 6.82. The lowest BCUT2D eigenvalue weighted by molar-refractivity contribution is 0.0363. The molecule has 18 heavy (non-hydrogen) atoms. The highest BCUT2D eigenvalue weighted by atomic mass is 16.3. The van der Waals surface area contributed by atoms with Crippen molar-refractivity contribution in [1.82, 2.24) is 15.1 Å². The van der Waals surface area contributed by atoms with Crippen LogP contribution in [0, 0.1) is 5.92 Å². The summed E-state index contributed by atoms with van der Waals surface area (Å²) < 4.78 is 1.92. The molecular weight excluding hydrogens is 226 g/mol. The molecule has 104 valence electrons. The van der Waals surface area contributed by atoms with Gasteiger partial charge < -0.3 is 10.4 Å². The van der Waals surface area contributed by atoms with Crippen molar-refractivity contribution in [2.75, 3.05) is 6.54 Å². The SMILES string of the molecule is CCn1cc(C(C)NCC(C)(O)CC(C)C)cn1. The molecule has 0 aliphatic rings. The highest BCUT2D eigenvalue weighted by molar-refractivity contribution is 5.09. The molecule has 1 rings (SSSR count). The van der Waals surface area contributed by atoms with Crippen molar-refractivity contribution in [2.45, 2.75) is 59.2 Å². The molecule has 2 atom stereocenters. The zero-order chi connectivity index (χ0) is 13.8. The van der Waals surface area contributed by atoms with Crippen molar-refractivity contribution in [3.8, 4) is 0 Å². The van der Waals surface area contributed by atoms with E-state index >= 15 is 0 Å². The standard InChI is InChI=1S/C14H27N3O/c1-6-17-9-13(8-16-17)12(4)15-10-14(5,18)7-11(2)3/h8-9,11-12,15,18H,6-7,10H2,1-5H3. The largest absolute Gasteiger partial charge is 0.389 e. The van der Waals surface area contributed by atoms with Gasteiger partial charge in [-0.2, -0.15) is 5.10 Å². The van der Waals surface area contributed by atoms with Crippen molar-refractivity contribution < 1.29 is 5.11 Å². The Hall–Kier alpha value is -0.870. The van der Waals surface area contributed by atoms with E-state index in [1.807, 2.05) is 17.8 Å². The fourth-order valence-corrected chi connectivity index (χ4v) is 2.22. The quantitative estimate of drug-likeness (QED) is 0.784. The first-order valence-electron chi connectivity index (χ1n) is 6.82. The molecular formula is C14H27N3O. The van der Waals surface area contributed by atoms with Crippen LogP contribution in [0.3, 0.4) is 0 Å². The molecule has 1 aromatic heterocycles. The molecule has 0 amide bonds. The van der Waals surface area contributed by atoms with Gasteiger partial charge in [0.15, 0.2) is 0 Å². The average molecular weight is 253 g/mol. The van der Waals surface area contributed by atoms with Crippen LogP contribution in [0.15, 0.2) is 12.4 Å². The van der Waals surface area contributed by atoms with E-state index in [9.17, 15) is 5.11 Å². The first kappa shape index (κ1) is 15.2. The van der Waals surface area contributed by atoms with Crippen LogP contribution in [0.5, 0.6) is 0 Å². The van der Waals surface area contributed by atoms with Gasteiger partial charge in [0, 0.05) is 30.9 Å². The Kier molecular flexibility index (Phi) is 5.35. The molecule has 2 N–H and O–H groups in total. The second-order valence-corrected chi connectivity index (χ2v) is 5.83. The Morgan fingerprint density at radius 1 is 1.44 bits per heavy atom. The molecule has 0 saturated heterocycles. The molecule has 4 heteroatoms. The minimum Gasteiger partial charge on any atom is -0.389 e. The smallest absolute Gasteiger partial charge is 0.0746 e. The monoisotopic (exact) mass is 253 g/mol. The zero-order valence-corrected chi connectivity index (χ0v) is 12.3. The van der Waals surface area contributed by atoms with E-state index in [-0.39, 0.29) is 6.04 Å². The molecule has 4 nitrogen and oxygen atoms in total. The number of aromatic nitrogens is 2. The number of aliphatic hydroxyl groups is 1. The molecule has 0 aromatic carbocycles. The van der Waals surface area contributed by atoms with Crippen molar-refractivity contribution in [3.63, 3.8) is 0 Å². The fourth-order valence-electron chi connectivity index (χ4n) is 2.22. The third-order valence-corrected chi connectivity index (χ3v) is 3.11. The third kappa shape index (κ3) is 4.78. The summed E-state index contributed by atoms with van der Waals surface area (Å²) in [7, 11) is 0. The third-order valence-electron chi connectivity index (χ3n) is 3.11. The van der Waals surface area contributed by atoms with Gasteiger partial charge in [-0.05, 0) is 33.1 Å². The Balaban J connectivity index is 2.47. The van der Waals surface area contributed by atoms with Gasteiger partial charge in [0.05, 0.1) is 11.8 Å². The van der Waals surface area contributed by atoms with Crippen LogP contribution >= 0.6 is 0 Å². The summed E-state index contributed by atoms with van der Waals surface area (Å²) in [6.45, 7) is 11.8. The van der Waals surface area contributed by atoms with Crippen LogP contribution in [0.1, 0.15) is 52.6 Å². The highest BCUT2D eigenvalue weighted by Crippen LogP contribution is 2.17. The summed E-state index contributed by atoms with van der Waals surface area (Å²) in [6, 6.07) is 0.212. The first-order chi connectivity index (χ1) is 8.34. The van der Waals surface area contributed by atoms with Crippen LogP contribution in [0.2, 0.25) is 0 Å². The van der Waals surface area contributed by atoms with E-state index in [1.54, 1.807) is 0 Å². The molecule has 2 unspecified atom stereocenters. The predicted molar refractivity (Wildman–Crippen MR) is 74.4 cm³/mol. The van der Waals surface area contributed by atoms with E-state index in [0.29, 0.717) is 12.5 Å². The van der Waals surface area contributed by atoms with Gasteiger partial charge in [-0.15, -0.1) is 0 Å². The van der Waals surface area contributed by atoms with Gasteiger partial charge in [-0.1, -0.05) is 13.8 Å². The normalized spacial score (nSPS) is 16.8. The molecule has 0 fully saturated rings. The molecule has 0 saturated carbocycles. The molecule has 0 radical (unpaired) electrons. The van der Waals surface area contributed by atoms with Crippen LogP contribution in [-0.2, 0) is 6.54 Å². The maximum Gasteiger partial charge on any atom is 0.0746 e. The Labute approximate surface area is 110 Å². The lowest BCUT2D eigenvalue weighted by atomic mass is 9.94. The summed E-state index contributed by atoms with van der Waals surface area (Å²) in [5.41, 5.74) is 0.514. The van der Waals surface area contributed by atoms with Gasteiger partial charge in [-0.3, -0.25) is 4.68 Å². The molecule has 0 aliphatic heterocycles. The summed E-state index contributed by atoms with van der Waals surface area (Å²) in [5.74, 6) is 0.500. The van der Waals surface area contributed by atoms with Crippen LogP contribution in [0.25, 0.3) is 0 Å². The van der Waals surface area contributed by atoms with Crippen LogP contribution < -0.4 is 5.32 Å². The lowest BCUT2D eigenvalue weighted by Crippen LogP contribution is -2.39. The zero-order valence-electron chi connectivity index (χ0n) is 12.3. The van der Waals surface area contributed by atoms with Gasteiger partial charge >= 0.3 is 0 Å². The number of hydrogen-bond donors (Lipinski definition) is 2. The molecule has 1 heterocycles. The van der Waals surface area contributed by atoms with E-state index < -0.39 is 5.60 Å². The average Bonchev–Trinajstić information content (AvgIpc) is 2.72. The summed E-state index contributed by atoms with van der Waals surface area (Å²) >= 11 is 0. The van der Waals surface area contributed by atoms with E-state index in [0.717, 1.165) is 18.5 Å². The maximum atomic E-state index is 10.2. The van der Waals surface area contributed by atoms with Crippen LogP contribution in [0.4, 0.5) is 0 Å². The van der Waals surface area contributed by atoms with Gasteiger partial charge in [-0.25, -0.2) is 0 Å². The van der Waals surface area contributed by atoms with Crippen molar-refractivity contribution in [3.05, 3.63) is 18.0 Å². The molecule has 0 aliphatic carbocycles. The number of aryl methyl sites for hydroxylation is 1. The highest BCUT2D eigenvalue weighted by Gasteiger charge is 2.22. The number of rotatable bonds is 7. The summed E-state index contributed by atoms with van der Waals surface area (Å²) in [4.78, 5) is 0. The topological polar surface area (TPSA) is 50.1 Å². The summed E-state index contributed by atoms with van der Waals surface area (Å²) in [6.07, 6.45) is 4.74. The lowest BCUT2D eigenvalue weighted by Gasteiger charge is -2.27. The van der Waals surface area contributed by atoms with E-state index in [2.05, 4.69) is 44.3 Å². The number of nitrogens with one attached hydrogen (secondary N) is 1. The van der Waals surface area contributed by atoms with Crippen molar-refractivity contribution >= 4 is 0 Å². The molecule has 1 aromatic rings. The Morgan fingerprint density at radius 2 is 2.11 bits per heavy atom. The molecule has 0 spiro atoms.